The van der Waals surface area contributed by atoms with Crippen molar-refractivity contribution < 1.29 is 28.9 Å². The number of Topliss-reactive ketones (excluding diaryl/α,β-unsaturated/α-hetero) is 1. The molecule has 1 amide bonds. The minimum atomic E-state index is -0.892. The predicted molar refractivity (Wildman–Crippen MR) is 143 cm³/mol. The molecule has 1 heterocycles. The summed E-state index contributed by atoms with van der Waals surface area (Å²) in [4.78, 5) is 30.2. The molecule has 3 aromatic rings. The molecule has 1 aliphatic rings. The number of carbonyl (C=O) groups excluding carboxylic acids is 2. The Morgan fingerprint density at radius 3 is 2.14 bits per heavy atom. The van der Waals surface area contributed by atoms with Crippen molar-refractivity contribution in [3.63, 3.8) is 0 Å². The topological polar surface area (TPSA) is 88.5 Å². The lowest BCUT2D eigenvalue weighted by Gasteiger charge is -2.26. The molecule has 3 aromatic carbocycles. The largest absolute Gasteiger partial charge is 0.507 e. The maximum absolute atomic E-state index is 13.4. The van der Waals surface area contributed by atoms with Gasteiger partial charge in [0.2, 0.25) is 0 Å². The number of ether oxygens (including phenoxy) is 3. The first-order valence-electron chi connectivity index (χ1n) is 11.8. The summed E-state index contributed by atoms with van der Waals surface area (Å²) < 4.78 is 16.3. The first-order valence-corrected chi connectivity index (χ1v) is 11.8. The second kappa shape index (κ2) is 10.7. The van der Waals surface area contributed by atoms with Crippen molar-refractivity contribution in [2.24, 2.45) is 0 Å². The number of nitrogens with zero attached hydrogens (tertiary/aromatic N) is 2. The highest BCUT2D eigenvalue weighted by atomic mass is 16.5. The molecule has 1 saturated heterocycles. The highest BCUT2D eigenvalue weighted by molar-refractivity contribution is 6.51. The van der Waals surface area contributed by atoms with Gasteiger partial charge < -0.3 is 24.2 Å². The van der Waals surface area contributed by atoms with E-state index in [0.29, 0.717) is 40.7 Å². The second-order valence-electron chi connectivity index (χ2n) is 8.65. The van der Waals surface area contributed by atoms with E-state index in [9.17, 15) is 14.7 Å². The van der Waals surface area contributed by atoms with E-state index in [1.807, 2.05) is 38.1 Å². The molecule has 1 N–H and O–H groups in total. The maximum atomic E-state index is 13.4. The number of rotatable bonds is 8. The standard InChI is InChI=1S/C29H30N2O6/c1-6-37-22-14-7-18(8-15-22)27(32)25-26(19-9-16-23(35-4)24(17-19)36-5)31(29(34)28(25)33)21-12-10-20(11-13-21)30(2)3/h7-17,26,32H,6H2,1-5H3/b27-25-. The van der Waals surface area contributed by atoms with Crippen LogP contribution in [0.4, 0.5) is 11.4 Å². The molecule has 37 heavy (non-hydrogen) atoms. The van der Waals surface area contributed by atoms with Crippen LogP contribution in [-0.2, 0) is 9.59 Å². The summed E-state index contributed by atoms with van der Waals surface area (Å²) in [6, 6.07) is 18.3. The summed E-state index contributed by atoms with van der Waals surface area (Å²) in [7, 11) is 6.88. The average Bonchev–Trinajstić information content (AvgIpc) is 3.18. The van der Waals surface area contributed by atoms with E-state index < -0.39 is 17.7 Å². The van der Waals surface area contributed by atoms with Gasteiger partial charge >= 0.3 is 0 Å². The smallest absolute Gasteiger partial charge is 0.300 e. The molecule has 1 aliphatic heterocycles. The zero-order chi connectivity index (χ0) is 26.7. The van der Waals surface area contributed by atoms with Crippen LogP contribution in [0.25, 0.3) is 5.76 Å². The summed E-state index contributed by atoms with van der Waals surface area (Å²) >= 11 is 0. The fourth-order valence-electron chi connectivity index (χ4n) is 4.38. The van der Waals surface area contributed by atoms with Gasteiger partial charge in [0, 0.05) is 31.0 Å². The molecule has 0 spiro atoms. The van der Waals surface area contributed by atoms with Gasteiger partial charge in [0.1, 0.15) is 11.5 Å². The molecule has 0 radical (unpaired) electrons. The third kappa shape index (κ3) is 4.82. The van der Waals surface area contributed by atoms with E-state index >= 15 is 0 Å². The number of amides is 1. The van der Waals surface area contributed by atoms with E-state index in [-0.39, 0.29) is 11.3 Å². The molecular weight excluding hydrogens is 472 g/mol. The zero-order valence-electron chi connectivity index (χ0n) is 21.5. The van der Waals surface area contributed by atoms with E-state index in [2.05, 4.69) is 0 Å². The Morgan fingerprint density at radius 2 is 1.57 bits per heavy atom. The SMILES string of the molecule is CCOc1ccc(/C(O)=C2/C(=O)C(=O)N(c3ccc(N(C)C)cc3)C2c2ccc(OC)c(OC)c2)cc1. The molecule has 0 bridgehead atoms. The van der Waals surface area contributed by atoms with E-state index in [1.54, 1.807) is 54.6 Å². The van der Waals surface area contributed by atoms with Crippen LogP contribution in [0.15, 0.2) is 72.3 Å². The first kappa shape index (κ1) is 25.6. The Balaban J connectivity index is 1.90. The molecule has 1 atom stereocenters. The number of hydrogen-bond donors (Lipinski definition) is 1. The maximum Gasteiger partial charge on any atom is 0.300 e. The summed E-state index contributed by atoms with van der Waals surface area (Å²) in [6.07, 6.45) is 0. The van der Waals surface area contributed by atoms with Crippen LogP contribution in [-0.4, -0.2) is 51.7 Å². The van der Waals surface area contributed by atoms with Crippen molar-refractivity contribution >= 4 is 28.8 Å². The lowest BCUT2D eigenvalue weighted by atomic mass is 9.94. The van der Waals surface area contributed by atoms with Gasteiger partial charge in [0.15, 0.2) is 11.5 Å². The van der Waals surface area contributed by atoms with Gasteiger partial charge in [-0.1, -0.05) is 6.07 Å². The fraction of sp³-hybridized carbons (Fsp3) is 0.241. The average molecular weight is 503 g/mol. The van der Waals surface area contributed by atoms with Gasteiger partial charge in [-0.2, -0.15) is 0 Å². The van der Waals surface area contributed by atoms with Crippen molar-refractivity contribution in [3.8, 4) is 17.2 Å². The Labute approximate surface area is 216 Å². The van der Waals surface area contributed by atoms with Gasteiger partial charge in [-0.15, -0.1) is 0 Å². The van der Waals surface area contributed by atoms with Crippen LogP contribution in [0.1, 0.15) is 24.1 Å². The first-order chi connectivity index (χ1) is 17.8. The number of aliphatic hydroxyl groups is 1. The van der Waals surface area contributed by atoms with Crippen molar-refractivity contribution in [1.82, 2.24) is 0 Å². The van der Waals surface area contributed by atoms with Crippen LogP contribution in [0, 0.1) is 0 Å². The van der Waals surface area contributed by atoms with Crippen LogP contribution < -0.4 is 24.0 Å². The van der Waals surface area contributed by atoms with Crippen molar-refractivity contribution in [3.05, 3.63) is 83.4 Å². The monoisotopic (exact) mass is 502 g/mol. The lowest BCUT2D eigenvalue weighted by molar-refractivity contribution is -0.132. The molecule has 8 heteroatoms. The second-order valence-corrected chi connectivity index (χ2v) is 8.65. The highest BCUT2D eigenvalue weighted by Crippen LogP contribution is 2.44. The number of hydrogen-bond acceptors (Lipinski definition) is 7. The Morgan fingerprint density at radius 1 is 0.919 bits per heavy atom. The van der Waals surface area contributed by atoms with Gasteiger partial charge in [0.25, 0.3) is 11.7 Å². The molecule has 192 valence electrons. The zero-order valence-corrected chi connectivity index (χ0v) is 21.5. The number of anilines is 2. The van der Waals surface area contributed by atoms with Gasteiger partial charge in [-0.3, -0.25) is 14.5 Å². The molecule has 1 fully saturated rings. The summed E-state index contributed by atoms with van der Waals surface area (Å²) in [6.45, 7) is 2.38. The van der Waals surface area contributed by atoms with E-state index in [1.165, 1.54) is 19.1 Å². The molecule has 8 nitrogen and oxygen atoms in total. The number of benzene rings is 3. The van der Waals surface area contributed by atoms with Crippen LogP contribution in [0.3, 0.4) is 0 Å². The van der Waals surface area contributed by atoms with E-state index in [0.717, 1.165) is 5.69 Å². The quantitative estimate of drug-likeness (QED) is 0.269. The minimum Gasteiger partial charge on any atom is -0.507 e. The molecular formula is C29H30N2O6. The lowest BCUT2D eigenvalue weighted by Crippen LogP contribution is -2.29. The van der Waals surface area contributed by atoms with Crippen LogP contribution in [0.2, 0.25) is 0 Å². The van der Waals surface area contributed by atoms with Crippen LogP contribution in [0.5, 0.6) is 17.2 Å². The Kier molecular flexibility index (Phi) is 7.38. The third-order valence-corrected chi connectivity index (χ3v) is 6.25. The summed E-state index contributed by atoms with van der Waals surface area (Å²) in [5, 5.41) is 11.3. The molecule has 0 saturated carbocycles. The van der Waals surface area contributed by atoms with Crippen molar-refractivity contribution in [2.75, 3.05) is 44.7 Å². The molecule has 0 aromatic heterocycles. The fourth-order valence-corrected chi connectivity index (χ4v) is 4.38. The number of ketones is 1. The third-order valence-electron chi connectivity index (χ3n) is 6.25. The number of methoxy groups -OCH3 is 2. The van der Waals surface area contributed by atoms with E-state index in [4.69, 9.17) is 14.2 Å². The van der Waals surface area contributed by atoms with Gasteiger partial charge in [-0.25, -0.2) is 0 Å². The summed E-state index contributed by atoms with van der Waals surface area (Å²) in [5.41, 5.74) is 2.43. The van der Waals surface area contributed by atoms with Crippen molar-refractivity contribution in [1.29, 1.82) is 0 Å². The van der Waals surface area contributed by atoms with Crippen LogP contribution >= 0.6 is 0 Å². The van der Waals surface area contributed by atoms with Gasteiger partial charge in [0.05, 0.1) is 32.4 Å². The number of carbonyl (C=O) groups is 2. The van der Waals surface area contributed by atoms with Crippen molar-refractivity contribution in [2.45, 2.75) is 13.0 Å². The minimum absolute atomic E-state index is 0.0157. The highest BCUT2D eigenvalue weighted by Gasteiger charge is 2.47. The molecule has 4 rings (SSSR count). The summed E-state index contributed by atoms with van der Waals surface area (Å²) in [5.74, 6) is -0.196. The number of aliphatic hydroxyl groups excluding tert-OH is 1. The van der Waals surface area contributed by atoms with Gasteiger partial charge in [-0.05, 0) is 73.2 Å². The molecule has 0 aliphatic carbocycles. The Bertz CT molecular complexity index is 1330. The Hall–Kier alpha value is -4.46. The normalized spacial score (nSPS) is 16.6. The predicted octanol–water partition coefficient (Wildman–Crippen LogP) is 4.79. The molecule has 1 unspecified atom stereocenters.